The molecule has 16 heavy (non-hydrogen) atoms. The molecule has 0 aliphatic carbocycles. The molecule has 0 fully saturated rings. The summed E-state index contributed by atoms with van der Waals surface area (Å²) in [5, 5.41) is 8.64. The van der Waals surface area contributed by atoms with Gasteiger partial charge in [-0.3, -0.25) is 4.99 Å². The van der Waals surface area contributed by atoms with E-state index in [9.17, 15) is 0 Å². The van der Waals surface area contributed by atoms with Gasteiger partial charge in [0.15, 0.2) is 5.96 Å². The van der Waals surface area contributed by atoms with Crippen molar-refractivity contribution in [2.45, 2.75) is 26.3 Å². The zero-order chi connectivity index (χ0) is 11.1. The fourth-order valence-electron chi connectivity index (χ4n) is 1.23. The highest BCUT2D eigenvalue weighted by molar-refractivity contribution is 14.0. The van der Waals surface area contributed by atoms with Crippen molar-refractivity contribution in [2.75, 3.05) is 13.6 Å². The minimum Gasteiger partial charge on any atom is -0.356 e. The zero-order valence-corrected chi connectivity index (χ0v) is 13.1. The summed E-state index contributed by atoms with van der Waals surface area (Å²) in [6, 6.07) is 4.66. The minimum absolute atomic E-state index is 0. The standard InChI is InChI=1S/C11H19N3S.HI/c1-9(2)14-11(12-3)13-7-6-10-5-4-8-15-10;/h4-5,8-9H,6-7H2,1-3H3,(H2,12,13,14);1H. The average Bonchev–Trinajstić information content (AvgIpc) is 2.68. The number of nitrogens with one attached hydrogen (secondary N) is 2. The van der Waals surface area contributed by atoms with Crippen LogP contribution in [0.2, 0.25) is 0 Å². The fraction of sp³-hybridized carbons (Fsp3) is 0.545. The van der Waals surface area contributed by atoms with Crippen LogP contribution in [-0.4, -0.2) is 25.6 Å². The third kappa shape index (κ3) is 6.32. The van der Waals surface area contributed by atoms with Crippen molar-refractivity contribution < 1.29 is 0 Å². The lowest BCUT2D eigenvalue weighted by atomic mass is 10.3. The van der Waals surface area contributed by atoms with Gasteiger partial charge in [0.05, 0.1) is 0 Å². The van der Waals surface area contributed by atoms with Crippen LogP contribution in [0.5, 0.6) is 0 Å². The monoisotopic (exact) mass is 353 g/mol. The van der Waals surface area contributed by atoms with Crippen molar-refractivity contribution in [2.24, 2.45) is 4.99 Å². The summed E-state index contributed by atoms with van der Waals surface area (Å²) in [6.07, 6.45) is 1.05. The third-order valence-electron chi connectivity index (χ3n) is 1.89. The summed E-state index contributed by atoms with van der Waals surface area (Å²) >= 11 is 1.80. The molecule has 1 aromatic heterocycles. The number of guanidine groups is 1. The van der Waals surface area contributed by atoms with Crippen LogP contribution in [0.1, 0.15) is 18.7 Å². The molecule has 0 aliphatic heterocycles. The van der Waals surface area contributed by atoms with Crippen LogP contribution in [0.4, 0.5) is 0 Å². The lowest BCUT2D eigenvalue weighted by molar-refractivity contribution is 0.699. The molecular formula is C11H20IN3S. The van der Waals surface area contributed by atoms with Gasteiger partial charge in [-0.2, -0.15) is 0 Å². The van der Waals surface area contributed by atoms with Gasteiger partial charge in [-0.05, 0) is 31.7 Å². The number of nitrogens with zero attached hydrogens (tertiary/aromatic N) is 1. The number of aliphatic imine (C=N–C) groups is 1. The molecule has 0 saturated heterocycles. The summed E-state index contributed by atoms with van der Waals surface area (Å²) in [5.41, 5.74) is 0. The predicted molar refractivity (Wildman–Crippen MR) is 83.1 cm³/mol. The first-order valence-corrected chi connectivity index (χ1v) is 6.10. The Morgan fingerprint density at radius 1 is 1.50 bits per heavy atom. The Labute approximate surface area is 119 Å². The molecule has 92 valence electrons. The van der Waals surface area contributed by atoms with Gasteiger partial charge in [0, 0.05) is 24.5 Å². The van der Waals surface area contributed by atoms with Gasteiger partial charge < -0.3 is 10.6 Å². The van der Waals surface area contributed by atoms with Crippen molar-refractivity contribution in [1.82, 2.24) is 10.6 Å². The van der Waals surface area contributed by atoms with Gasteiger partial charge in [-0.25, -0.2) is 0 Å². The number of rotatable bonds is 4. The number of hydrogen-bond acceptors (Lipinski definition) is 2. The van der Waals surface area contributed by atoms with Crippen LogP contribution in [0, 0.1) is 0 Å². The van der Waals surface area contributed by atoms with E-state index in [1.54, 1.807) is 18.4 Å². The summed E-state index contributed by atoms with van der Waals surface area (Å²) in [5.74, 6) is 0.876. The number of thiophene rings is 1. The fourth-order valence-corrected chi connectivity index (χ4v) is 1.94. The molecule has 1 rings (SSSR count). The Bertz CT molecular complexity index is 296. The highest BCUT2D eigenvalue weighted by Crippen LogP contribution is 2.07. The second-order valence-electron chi connectivity index (χ2n) is 3.63. The predicted octanol–water partition coefficient (Wildman–Crippen LogP) is 2.48. The lowest BCUT2D eigenvalue weighted by Crippen LogP contribution is -2.41. The van der Waals surface area contributed by atoms with Gasteiger partial charge >= 0.3 is 0 Å². The maximum absolute atomic E-state index is 4.14. The number of hydrogen-bond donors (Lipinski definition) is 2. The molecule has 1 heterocycles. The lowest BCUT2D eigenvalue weighted by Gasteiger charge is -2.13. The molecule has 0 saturated carbocycles. The van der Waals surface area contributed by atoms with E-state index in [0.29, 0.717) is 6.04 Å². The van der Waals surface area contributed by atoms with Crippen LogP contribution >= 0.6 is 35.3 Å². The van der Waals surface area contributed by atoms with E-state index < -0.39 is 0 Å². The summed E-state index contributed by atoms with van der Waals surface area (Å²) in [6.45, 7) is 5.13. The second kappa shape index (κ2) is 8.81. The topological polar surface area (TPSA) is 36.4 Å². The summed E-state index contributed by atoms with van der Waals surface area (Å²) in [7, 11) is 1.79. The van der Waals surface area contributed by atoms with Gasteiger partial charge in [0.25, 0.3) is 0 Å². The molecule has 0 aliphatic rings. The Morgan fingerprint density at radius 2 is 2.25 bits per heavy atom. The molecule has 2 N–H and O–H groups in total. The largest absolute Gasteiger partial charge is 0.356 e. The molecule has 0 bridgehead atoms. The maximum Gasteiger partial charge on any atom is 0.191 e. The average molecular weight is 353 g/mol. The van der Waals surface area contributed by atoms with Crippen molar-refractivity contribution in [3.63, 3.8) is 0 Å². The normalized spacial score (nSPS) is 11.1. The van der Waals surface area contributed by atoms with E-state index in [0.717, 1.165) is 18.9 Å². The molecule has 0 aromatic carbocycles. The summed E-state index contributed by atoms with van der Waals surface area (Å²) in [4.78, 5) is 5.55. The molecule has 0 radical (unpaired) electrons. The van der Waals surface area contributed by atoms with E-state index in [4.69, 9.17) is 0 Å². The highest BCUT2D eigenvalue weighted by Gasteiger charge is 1.99. The molecular weight excluding hydrogens is 333 g/mol. The van der Waals surface area contributed by atoms with Crippen molar-refractivity contribution in [3.05, 3.63) is 22.4 Å². The van der Waals surface area contributed by atoms with E-state index in [2.05, 4.69) is 47.0 Å². The smallest absolute Gasteiger partial charge is 0.191 e. The SMILES string of the molecule is CN=C(NCCc1cccs1)NC(C)C.I. The van der Waals surface area contributed by atoms with Gasteiger partial charge in [0.1, 0.15) is 0 Å². The number of halogens is 1. The van der Waals surface area contributed by atoms with Crippen LogP contribution in [0.3, 0.4) is 0 Å². The first kappa shape index (κ1) is 15.7. The summed E-state index contributed by atoms with van der Waals surface area (Å²) < 4.78 is 0. The quantitative estimate of drug-likeness (QED) is 0.496. The Kier molecular flexibility index (Phi) is 8.64. The molecule has 0 atom stereocenters. The van der Waals surface area contributed by atoms with Crippen molar-refractivity contribution in [3.8, 4) is 0 Å². The van der Waals surface area contributed by atoms with Crippen LogP contribution in [-0.2, 0) is 6.42 Å². The molecule has 0 amide bonds. The first-order valence-electron chi connectivity index (χ1n) is 5.22. The second-order valence-corrected chi connectivity index (χ2v) is 4.66. The van der Waals surface area contributed by atoms with Crippen molar-refractivity contribution >= 4 is 41.3 Å². The zero-order valence-electron chi connectivity index (χ0n) is 9.99. The van der Waals surface area contributed by atoms with Gasteiger partial charge in [-0.15, -0.1) is 35.3 Å². The van der Waals surface area contributed by atoms with E-state index in [-0.39, 0.29) is 24.0 Å². The van der Waals surface area contributed by atoms with Gasteiger partial charge in [-0.1, -0.05) is 6.07 Å². The van der Waals surface area contributed by atoms with E-state index in [1.165, 1.54) is 4.88 Å². The first-order chi connectivity index (χ1) is 7.22. The van der Waals surface area contributed by atoms with Crippen LogP contribution < -0.4 is 10.6 Å². The Morgan fingerprint density at radius 3 is 2.75 bits per heavy atom. The van der Waals surface area contributed by atoms with Crippen molar-refractivity contribution in [1.29, 1.82) is 0 Å². The van der Waals surface area contributed by atoms with E-state index >= 15 is 0 Å². The molecule has 3 nitrogen and oxygen atoms in total. The minimum atomic E-state index is 0. The van der Waals surface area contributed by atoms with Crippen LogP contribution in [0.15, 0.2) is 22.5 Å². The molecule has 0 spiro atoms. The van der Waals surface area contributed by atoms with E-state index in [1.807, 2.05) is 0 Å². The van der Waals surface area contributed by atoms with Crippen LogP contribution in [0.25, 0.3) is 0 Å². The molecule has 0 unspecified atom stereocenters. The Hall–Kier alpha value is -0.300. The third-order valence-corrected chi connectivity index (χ3v) is 2.83. The highest BCUT2D eigenvalue weighted by atomic mass is 127. The maximum atomic E-state index is 4.14. The van der Waals surface area contributed by atoms with Gasteiger partial charge in [0.2, 0.25) is 0 Å². The Balaban J connectivity index is 0.00000225. The molecule has 5 heteroatoms. The molecule has 1 aromatic rings.